The maximum atomic E-state index is 12.6. The lowest BCUT2D eigenvalue weighted by molar-refractivity contribution is -0.274. The second-order valence-corrected chi connectivity index (χ2v) is 6.71. The number of para-hydroxylation sites is 1. The van der Waals surface area contributed by atoms with Gasteiger partial charge in [-0.15, -0.1) is 18.3 Å². The number of hydrogen-bond donors (Lipinski definition) is 2. The Bertz CT molecular complexity index is 1270. The minimum atomic E-state index is -4.81. The summed E-state index contributed by atoms with van der Waals surface area (Å²) in [4.78, 5) is 20.7. The van der Waals surface area contributed by atoms with Crippen LogP contribution in [0.25, 0.3) is 27.9 Å². The van der Waals surface area contributed by atoms with Gasteiger partial charge in [0.1, 0.15) is 11.8 Å². The Morgan fingerprint density at radius 2 is 1.97 bits per heavy atom. The van der Waals surface area contributed by atoms with Crippen molar-refractivity contribution in [2.75, 3.05) is 5.32 Å². The van der Waals surface area contributed by atoms with Crippen molar-refractivity contribution in [3.05, 3.63) is 48.5 Å². The van der Waals surface area contributed by atoms with Gasteiger partial charge in [0.2, 0.25) is 11.9 Å². The average molecular weight is 430 g/mol. The molecule has 1 amide bonds. The van der Waals surface area contributed by atoms with E-state index < -0.39 is 18.3 Å². The Kier molecular flexibility index (Phi) is 5.09. The van der Waals surface area contributed by atoms with Crippen molar-refractivity contribution in [1.82, 2.24) is 19.6 Å². The molecule has 1 atom stereocenters. The summed E-state index contributed by atoms with van der Waals surface area (Å²) in [5.74, 6) is -0.533. The molecule has 31 heavy (non-hydrogen) atoms. The fourth-order valence-electron chi connectivity index (χ4n) is 3.13. The van der Waals surface area contributed by atoms with E-state index in [1.165, 1.54) is 22.7 Å². The van der Waals surface area contributed by atoms with Gasteiger partial charge in [-0.3, -0.25) is 4.79 Å². The van der Waals surface area contributed by atoms with Gasteiger partial charge in [-0.2, -0.15) is 4.52 Å². The number of rotatable bonds is 6. The van der Waals surface area contributed by atoms with E-state index in [9.17, 15) is 18.0 Å². The second kappa shape index (κ2) is 7.74. The highest BCUT2D eigenvalue weighted by Crippen LogP contribution is 2.28. The van der Waals surface area contributed by atoms with Crippen molar-refractivity contribution < 1.29 is 22.7 Å². The van der Waals surface area contributed by atoms with Crippen LogP contribution in [0.3, 0.4) is 0 Å². The Hall–Kier alpha value is -3.89. The summed E-state index contributed by atoms with van der Waals surface area (Å²) in [5, 5.41) is 8.06. The van der Waals surface area contributed by atoms with Crippen LogP contribution < -0.4 is 15.8 Å². The van der Waals surface area contributed by atoms with Crippen molar-refractivity contribution in [2.24, 2.45) is 5.73 Å². The molecule has 2 aromatic carbocycles. The van der Waals surface area contributed by atoms with Crippen LogP contribution >= 0.6 is 0 Å². The average Bonchev–Trinajstić information content (AvgIpc) is 3.16. The normalized spacial score (nSPS) is 12.8. The Morgan fingerprint density at radius 1 is 1.19 bits per heavy atom. The summed E-state index contributed by atoms with van der Waals surface area (Å²) in [6, 6.07) is 11.9. The highest BCUT2D eigenvalue weighted by Gasteiger charge is 2.31. The molecular weight excluding hydrogens is 413 g/mol. The molecule has 2 aromatic heterocycles. The molecule has 4 aromatic rings. The number of amides is 1. The summed E-state index contributed by atoms with van der Waals surface area (Å²) in [6.07, 6.45) is -4.39. The maximum Gasteiger partial charge on any atom is 0.573 e. The fraction of sp³-hybridized carbons (Fsp3) is 0.200. The van der Waals surface area contributed by atoms with Gasteiger partial charge in [0, 0.05) is 10.9 Å². The van der Waals surface area contributed by atoms with Gasteiger partial charge in [-0.25, -0.2) is 9.97 Å². The highest BCUT2D eigenvalue weighted by molar-refractivity contribution is 5.93. The molecule has 0 aliphatic heterocycles. The van der Waals surface area contributed by atoms with E-state index in [1.54, 1.807) is 31.2 Å². The van der Waals surface area contributed by atoms with Gasteiger partial charge in [0.25, 0.3) is 0 Å². The second-order valence-electron chi connectivity index (χ2n) is 6.71. The molecule has 0 aliphatic rings. The van der Waals surface area contributed by atoms with Gasteiger partial charge < -0.3 is 15.8 Å². The van der Waals surface area contributed by atoms with Crippen LogP contribution in [0.2, 0.25) is 0 Å². The number of nitrogens with one attached hydrogen (secondary N) is 1. The molecule has 0 saturated heterocycles. The molecule has 3 N–H and O–H groups in total. The third-order valence-electron chi connectivity index (χ3n) is 4.56. The van der Waals surface area contributed by atoms with Crippen LogP contribution in [0.1, 0.15) is 13.3 Å². The third kappa shape index (κ3) is 4.20. The van der Waals surface area contributed by atoms with Gasteiger partial charge in [-0.1, -0.05) is 31.2 Å². The van der Waals surface area contributed by atoms with Crippen molar-refractivity contribution in [3.63, 3.8) is 0 Å². The first-order chi connectivity index (χ1) is 14.7. The van der Waals surface area contributed by atoms with E-state index in [0.29, 0.717) is 28.5 Å². The van der Waals surface area contributed by atoms with Crippen molar-refractivity contribution >= 4 is 28.4 Å². The first kappa shape index (κ1) is 20.4. The zero-order valence-electron chi connectivity index (χ0n) is 16.2. The number of hydrogen-bond acceptors (Lipinski definition) is 6. The fourth-order valence-corrected chi connectivity index (χ4v) is 3.13. The molecule has 8 nitrogen and oxygen atoms in total. The SMILES string of the molecule is CC[C@@H](Nc1nc2ccccc2c2nc(-c3cccc(OC(F)(F)F)c3)nn12)C(N)=O. The van der Waals surface area contributed by atoms with Crippen molar-refractivity contribution in [2.45, 2.75) is 25.7 Å². The van der Waals surface area contributed by atoms with Crippen LogP contribution in [0.15, 0.2) is 48.5 Å². The van der Waals surface area contributed by atoms with Gasteiger partial charge in [0.05, 0.1) is 5.52 Å². The summed E-state index contributed by atoms with van der Waals surface area (Å²) in [6.45, 7) is 1.79. The largest absolute Gasteiger partial charge is 0.573 e. The minimum Gasteiger partial charge on any atom is -0.406 e. The number of aromatic nitrogens is 4. The maximum absolute atomic E-state index is 12.6. The number of benzene rings is 2. The lowest BCUT2D eigenvalue weighted by Gasteiger charge is -2.15. The number of anilines is 1. The zero-order chi connectivity index (χ0) is 22.2. The quantitative estimate of drug-likeness (QED) is 0.485. The van der Waals surface area contributed by atoms with E-state index in [1.807, 2.05) is 6.07 Å². The Balaban J connectivity index is 1.86. The number of carbonyl (C=O) groups is 1. The van der Waals surface area contributed by atoms with Crippen LogP contribution in [-0.2, 0) is 4.79 Å². The summed E-state index contributed by atoms with van der Waals surface area (Å²) < 4.78 is 43.1. The predicted molar refractivity (Wildman–Crippen MR) is 107 cm³/mol. The first-order valence-corrected chi connectivity index (χ1v) is 9.32. The van der Waals surface area contributed by atoms with Gasteiger partial charge in [-0.05, 0) is 30.7 Å². The topological polar surface area (TPSA) is 107 Å². The monoisotopic (exact) mass is 430 g/mol. The van der Waals surface area contributed by atoms with E-state index in [-0.39, 0.29) is 17.5 Å². The van der Waals surface area contributed by atoms with E-state index in [4.69, 9.17) is 5.73 Å². The predicted octanol–water partition coefficient (Wildman–Crippen LogP) is 3.52. The standard InChI is InChI=1S/C20H17F3N6O2/c1-2-14(16(24)30)25-19-26-15-9-4-3-8-13(15)18-27-17(28-29(18)19)11-6-5-7-12(10-11)31-20(21,22)23/h3-10,14H,2H2,1H3,(H2,24,30)(H,25,26)/t14-/m1/s1. The number of nitrogens with two attached hydrogens (primary N) is 1. The third-order valence-corrected chi connectivity index (χ3v) is 4.56. The Labute approximate surface area is 173 Å². The highest BCUT2D eigenvalue weighted by atomic mass is 19.4. The molecule has 0 fully saturated rings. The molecule has 0 radical (unpaired) electrons. The minimum absolute atomic E-state index is 0.168. The summed E-state index contributed by atoms with van der Waals surface area (Å²) >= 11 is 0. The molecule has 11 heteroatoms. The van der Waals surface area contributed by atoms with Crippen LogP contribution in [0.4, 0.5) is 19.1 Å². The first-order valence-electron chi connectivity index (χ1n) is 9.32. The molecule has 0 saturated carbocycles. The lowest BCUT2D eigenvalue weighted by Crippen LogP contribution is -2.35. The van der Waals surface area contributed by atoms with Crippen molar-refractivity contribution in [1.29, 1.82) is 0 Å². The van der Waals surface area contributed by atoms with Crippen LogP contribution in [0, 0.1) is 0 Å². The molecule has 160 valence electrons. The van der Waals surface area contributed by atoms with E-state index in [0.717, 1.165) is 0 Å². The molecule has 2 heterocycles. The molecular formula is C20H17F3N6O2. The number of primary amides is 1. The number of fused-ring (bicyclic) bond motifs is 3. The summed E-state index contributed by atoms with van der Waals surface area (Å²) in [7, 11) is 0. The number of alkyl halides is 3. The molecule has 0 unspecified atom stereocenters. The molecule has 0 aliphatic carbocycles. The number of nitrogens with zero attached hydrogens (tertiary/aromatic N) is 4. The zero-order valence-corrected chi connectivity index (χ0v) is 16.2. The smallest absolute Gasteiger partial charge is 0.406 e. The molecule has 0 spiro atoms. The van der Waals surface area contributed by atoms with Crippen LogP contribution in [0.5, 0.6) is 5.75 Å². The van der Waals surface area contributed by atoms with Crippen molar-refractivity contribution in [3.8, 4) is 17.1 Å². The Morgan fingerprint density at radius 3 is 2.68 bits per heavy atom. The van der Waals surface area contributed by atoms with Gasteiger partial charge in [0.15, 0.2) is 11.5 Å². The number of carbonyl (C=O) groups excluding carboxylic acids is 1. The lowest BCUT2D eigenvalue weighted by atomic mass is 10.2. The number of ether oxygens (including phenoxy) is 1. The molecule has 0 bridgehead atoms. The van der Waals surface area contributed by atoms with E-state index >= 15 is 0 Å². The van der Waals surface area contributed by atoms with E-state index in [2.05, 4.69) is 25.1 Å². The number of halogens is 3. The molecule has 4 rings (SSSR count). The van der Waals surface area contributed by atoms with Gasteiger partial charge >= 0.3 is 6.36 Å². The van der Waals surface area contributed by atoms with Crippen LogP contribution in [-0.4, -0.2) is 37.9 Å². The summed E-state index contributed by atoms with van der Waals surface area (Å²) in [5.41, 5.74) is 6.78.